The Balaban J connectivity index is 1.90. The Morgan fingerprint density at radius 1 is 1.05 bits per heavy atom. The second kappa shape index (κ2) is 7.62. The Morgan fingerprint density at radius 2 is 1.76 bits per heavy atom. The first-order valence-corrected chi connectivity index (χ1v) is 8.08. The molecule has 0 aliphatic rings. The van der Waals surface area contributed by atoms with Crippen molar-refractivity contribution in [1.82, 2.24) is 5.32 Å². The first kappa shape index (κ1) is 16.1. The zero-order valence-electron chi connectivity index (χ0n) is 12.8. The minimum Gasteiger partial charge on any atom is -0.491 e. The van der Waals surface area contributed by atoms with Crippen molar-refractivity contribution in [3.63, 3.8) is 0 Å². The van der Waals surface area contributed by atoms with Crippen LogP contribution in [-0.2, 0) is 6.54 Å². The highest BCUT2D eigenvalue weighted by atomic mass is 79.9. The van der Waals surface area contributed by atoms with E-state index in [0.29, 0.717) is 6.04 Å². The van der Waals surface area contributed by atoms with Gasteiger partial charge in [0.2, 0.25) is 0 Å². The SMILES string of the molecule is CC(C)Oc1ccc(CNC(C)c2cccc(Br)c2)cc1. The molecule has 2 rings (SSSR count). The van der Waals surface area contributed by atoms with Crippen LogP contribution in [0.5, 0.6) is 5.75 Å². The van der Waals surface area contributed by atoms with Crippen molar-refractivity contribution in [3.8, 4) is 5.75 Å². The van der Waals surface area contributed by atoms with Crippen molar-refractivity contribution in [2.24, 2.45) is 0 Å². The molecule has 0 heterocycles. The van der Waals surface area contributed by atoms with Crippen LogP contribution in [0.3, 0.4) is 0 Å². The average molecular weight is 348 g/mol. The van der Waals surface area contributed by atoms with Gasteiger partial charge in [-0.2, -0.15) is 0 Å². The molecule has 1 N–H and O–H groups in total. The Hall–Kier alpha value is -1.32. The summed E-state index contributed by atoms with van der Waals surface area (Å²) in [6, 6.07) is 17.0. The third kappa shape index (κ3) is 5.18. The molecule has 0 aliphatic carbocycles. The van der Waals surface area contributed by atoms with E-state index in [1.807, 2.05) is 32.0 Å². The predicted octanol–water partition coefficient (Wildman–Crippen LogP) is 5.09. The smallest absolute Gasteiger partial charge is 0.119 e. The van der Waals surface area contributed by atoms with Crippen LogP contribution in [0.1, 0.15) is 37.9 Å². The Bertz CT molecular complexity index is 566. The van der Waals surface area contributed by atoms with E-state index < -0.39 is 0 Å². The minimum atomic E-state index is 0.213. The summed E-state index contributed by atoms with van der Waals surface area (Å²) in [4.78, 5) is 0. The molecule has 0 fully saturated rings. The van der Waals surface area contributed by atoms with Gasteiger partial charge in [-0.25, -0.2) is 0 Å². The van der Waals surface area contributed by atoms with E-state index in [4.69, 9.17) is 4.74 Å². The lowest BCUT2D eigenvalue weighted by Crippen LogP contribution is -2.18. The minimum absolute atomic E-state index is 0.213. The van der Waals surface area contributed by atoms with E-state index in [1.54, 1.807) is 0 Å². The van der Waals surface area contributed by atoms with E-state index in [0.717, 1.165) is 16.8 Å². The maximum absolute atomic E-state index is 5.65. The molecule has 21 heavy (non-hydrogen) atoms. The van der Waals surface area contributed by atoms with Crippen molar-refractivity contribution in [2.45, 2.75) is 39.5 Å². The van der Waals surface area contributed by atoms with Crippen LogP contribution in [-0.4, -0.2) is 6.10 Å². The molecule has 0 saturated heterocycles. The first-order valence-electron chi connectivity index (χ1n) is 7.29. The molecule has 3 heteroatoms. The highest BCUT2D eigenvalue weighted by molar-refractivity contribution is 9.10. The van der Waals surface area contributed by atoms with Gasteiger partial charge < -0.3 is 10.1 Å². The molecule has 0 saturated carbocycles. The lowest BCUT2D eigenvalue weighted by molar-refractivity contribution is 0.242. The lowest BCUT2D eigenvalue weighted by Gasteiger charge is -2.15. The van der Waals surface area contributed by atoms with E-state index in [2.05, 4.69) is 58.5 Å². The zero-order valence-corrected chi connectivity index (χ0v) is 14.4. The number of benzene rings is 2. The number of ether oxygens (including phenoxy) is 1. The summed E-state index contributed by atoms with van der Waals surface area (Å²) in [7, 11) is 0. The summed E-state index contributed by atoms with van der Waals surface area (Å²) >= 11 is 3.51. The second-order valence-electron chi connectivity index (χ2n) is 5.47. The lowest BCUT2D eigenvalue weighted by atomic mass is 10.1. The monoisotopic (exact) mass is 347 g/mol. The third-order valence-electron chi connectivity index (χ3n) is 3.26. The van der Waals surface area contributed by atoms with Crippen molar-refractivity contribution in [2.75, 3.05) is 0 Å². The van der Waals surface area contributed by atoms with E-state index >= 15 is 0 Å². The summed E-state index contributed by atoms with van der Waals surface area (Å²) in [5.74, 6) is 0.925. The molecular weight excluding hydrogens is 326 g/mol. The molecule has 0 radical (unpaired) electrons. The summed E-state index contributed by atoms with van der Waals surface area (Å²) in [6.45, 7) is 7.10. The molecule has 2 nitrogen and oxygen atoms in total. The van der Waals surface area contributed by atoms with Crippen LogP contribution < -0.4 is 10.1 Å². The van der Waals surface area contributed by atoms with Crippen LogP contribution in [0.2, 0.25) is 0 Å². The van der Waals surface area contributed by atoms with Gasteiger partial charge in [-0.3, -0.25) is 0 Å². The van der Waals surface area contributed by atoms with E-state index in [-0.39, 0.29) is 6.10 Å². The summed E-state index contributed by atoms with van der Waals surface area (Å²) in [5.41, 5.74) is 2.54. The quantitative estimate of drug-likeness (QED) is 0.785. The topological polar surface area (TPSA) is 21.3 Å². The number of rotatable bonds is 6. The van der Waals surface area contributed by atoms with Crippen LogP contribution in [0.4, 0.5) is 0 Å². The van der Waals surface area contributed by atoms with E-state index in [9.17, 15) is 0 Å². The summed E-state index contributed by atoms with van der Waals surface area (Å²) in [6.07, 6.45) is 0.213. The van der Waals surface area contributed by atoms with Crippen molar-refractivity contribution >= 4 is 15.9 Å². The fraction of sp³-hybridized carbons (Fsp3) is 0.333. The van der Waals surface area contributed by atoms with Gasteiger partial charge in [0.05, 0.1) is 6.10 Å². The van der Waals surface area contributed by atoms with E-state index in [1.165, 1.54) is 11.1 Å². The number of nitrogens with one attached hydrogen (secondary N) is 1. The normalized spacial score (nSPS) is 12.4. The maximum atomic E-state index is 5.65. The number of hydrogen-bond donors (Lipinski definition) is 1. The van der Waals surface area contributed by atoms with Gasteiger partial charge in [-0.05, 0) is 56.2 Å². The largest absolute Gasteiger partial charge is 0.491 e. The zero-order chi connectivity index (χ0) is 15.2. The van der Waals surface area contributed by atoms with Gasteiger partial charge in [0.1, 0.15) is 5.75 Å². The molecule has 2 aromatic rings. The van der Waals surface area contributed by atoms with Gasteiger partial charge in [0, 0.05) is 17.1 Å². The molecule has 1 atom stereocenters. The summed E-state index contributed by atoms with van der Waals surface area (Å²) in [5, 5.41) is 3.54. The van der Waals surface area contributed by atoms with Crippen LogP contribution in [0.25, 0.3) is 0 Å². The standard InChI is InChI=1S/C18H22BrNO/c1-13(2)21-18-9-7-15(8-10-18)12-20-14(3)16-5-4-6-17(19)11-16/h4-11,13-14,20H,12H2,1-3H3. The molecule has 0 amide bonds. The van der Waals surface area contributed by atoms with Crippen molar-refractivity contribution in [3.05, 3.63) is 64.1 Å². The van der Waals surface area contributed by atoms with Gasteiger partial charge in [0.25, 0.3) is 0 Å². The highest BCUT2D eigenvalue weighted by Gasteiger charge is 2.05. The highest BCUT2D eigenvalue weighted by Crippen LogP contribution is 2.19. The molecule has 112 valence electrons. The maximum Gasteiger partial charge on any atom is 0.119 e. The number of hydrogen-bond acceptors (Lipinski definition) is 2. The van der Waals surface area contributed by atoms with Crippen LogP contribution in [0, 0.1) is 0 Å². The Labute approximate surface area is 135 Å². The number of halogens is 1. The van der Waals surface area contributed by atoms with Gasteiger partial charge >= 0.3 is 0 Å². The summed E-state index contributed by atoms with van der Waals surface area (Å²) < 4.78 is 6.77. The average Bonchev–Trinajstić information content (AvgIpc) is 2.45. The van der Waals surface area contributed by atoms with Gasteiger partial charge in [0.15, 0.2) is 0 Å². The third-order valence-corrected chi connectivity index (χ3v) is 3.75. The second-order valence-corrected chi connectivity index (χ2v) is 6.38. The van der Waals surface area contributed by atoms with Crippen molar-refractivity contribution < 1.29 is 4.74 Å². The molecular formula is C18H22BrNO. The predicted molar refractivity (Wildman–Crippen MR) is 91.6 cm³/mol. The molecule has 0 bridgehead atoms. The van der Waals surface area contributed by atoms with Crippen molar-refractivity contribution in [1.29, 1.82) is 0 Å². The van der Waals surface area contributed by atoms with Gasteiger partial charge in [-0.15, -0.1) is 0 Å². The molecule has 0 spiro atoms. The molecule has 0 aromatic heterocycles. The van der Waals surface area contributed by atoms with Crippen LogP contribution >= 0.6 is 15.9 Å². The Kier molecular flexibility index (Phi) is 5.83. The Morgan fingerprint density at radius 3 is 2.38 bits per heavy atom. The first-order chi connectivity index (χ1) is 10.0. The van der Waals surface area contributed by atoms with Gasteiger partial charge in [-0.1, -0.05) is 40.2 Å². The molecule has 1 unspecified atom stereocenters. The van der Waals surface area contributed by atoms with Crippen LogP contribution in [0.15, 0.2) is 53.0 Å². The fourth-order valence-electron chi connectivity index (χ4n) is 2.12. The molecule has 0 aliphatic heterocycles. The molecule has 2 aromatic carbocycles. The fourth-order valence-corrected chi connectivity index (χ4v) is 2.54.